The molecule has 1 aliphatic carbocycles. The van der Waals surface area contributed by atoms with Gasteiger partial charge in [-0.1, -0.05) is 97.2 Å². The fraction of sp³-hybridized carbons (Fsp3) is 0.769. The van der Waals surface area contributed by atoms with E-state index in [-0.39, 0.29) is 16.4 Å². The van der Waals surface area contributed by atoms with E-state index in [2.05, 4.69) is 33.4 Å². The maximum absolute atomic E-state index is 14.7. The molecule has 1 aromatic carbocycles. The molecule has 4 heteroatoms. The first-order valence-electron chi connectivity index (χ1n) is 12.0. The quantitative estimate of drug-likeness (QED) is 0.251. The first-order chi connectivity index (χ1) is 14.2. The van der Waals surface area contributed by atoms with Crippen molar-refractivity contribution in [2.45, 2.75) is 111 Å². The average molecular weight is 459 g/mol. The van der Waals surface area contributed by atoms with Crippen LogP contribution in [-0.4, -0.2) is 10.9 Å². The van der Waals surface area contributed by atoms with E-state index in [1.165, 1.54) is 38.5 Å². The van der Waals surface area contributed by atoms with Crippen LogP contribution >= 0.6 is 24.2 Å². The zero-order valence-corrected chi connectivity index (χ0v) is 21.5. The summed E-state index contributed by atoms with van der Waals surface area (Å²) in [6.07, 6.45) is 12.7. The fourth-order valence-corrected chi connectivity index (χ4v) is 5.39. The zero-order valence-electron chi connectivity index (χ0n) is 19.9. The topological polar surface area (TPSA) is 20.2 Å². The van der Waals surface area contributed by atoms with Crippen molar-refractivity contribution in [1.82, 2.24) is 0 Å². The van der Waals surface area contributed by atoms with Gasteiger partial charge in [0, 0.05) is 11.0 Å². The average Bonchev–Trinajstić information content (AvgIpc) is 2.92. The lowest BCUT2D eigenvalue weighted by Gasteiger charge is -2.44. The van der Waals surface area contributed by atoms with Gasteiger partial charge < -0.3 is 5.11 Å². The van der Waals surface area contributed by atoms with Crippen molar-refractivity contribution in [2.75, 3.05) is 5.75 Å². The van der Waals surface area contributed by atoms with E-state index in [1.807, 2.05) is 19.9 Å². The summed E-state index contributed by atoms with van der Waals surface area (Å²) in [5.74, 6) is 0.697. The molecule has 0 saturated heterocycles. The molecule has 0 bridgehead atoms. The molecule has 0 aliphatic heterocycles. The van der Waals surface area contributed by atoms with E-state index in [0.717, 1.165) is 37.0 Å². The molecule has 0 aromatic heterocycles. The second-order valence-electron chi connectivity index (χ2n) is 9.49. The summed E-state index contributed by atoms with van der Waals surface area (Å²) >= 11 is 10.1. The van der Waals surface area contributed by atoms with Crippen molar-refractivity contribution in [3.05, 3.63) is 34.1 Å². The first kappa shape index (κ1) is 27.8. The molecule has 1 aliphatic rings. The van der Waals surface area contributed by atoms with Gasteiger partial charge >= 0.3 is 0 Å². The predicted molar refractivity (Wildman–Crippen MR) is 133 cm³/mol. The van der Waals surface area contributed by atoms with Gasteiger partial charge in [0.05, 0.1) is 5.02 Å². The number of hydrogen-bond donors (Lipinski definition) is 2. The van der Waals surface area contributed by atoms with Gasteiger partial charge in [0.15, 0.2) is 0 Å². The molecule has 1 N–H and O–H groups in total. The summed E-state index contributed by atoms with van der Waals surface area (Å²) in [4.78, 5) is 0. The number of hydrogen-bond acceptors (Lipinski definition) is 2. The molecule has 1 nitrogen and oxygen atoms in total. The van der Waals surface area contributed by atoms with Gasteiger partial charge in [-0.25, -0.2) is 4.39 Å². The second-order valence-corrected chi connectivity index (χ2v) is 10.3. The standard InChI is InChI=1S/C18H26ClFO.C8H18S/c1-5-7-13(8-6-2)18(21)15-12(11-17(18,3)4)9-10-14(19)16(15)20;1-2-3-4-5-6-7-8-9/h9-10,13,21H,5-8,11H2,1-4H3;9H,2-8H2,1H3. The van der Waals surface area contributed by atoms with Crippen LogP contribution in [0.4, 0.5) is 4.39 Å². The second kappa shape index (κ2) is 13.3. The summed E-state index contributed by atoms with van der Waals surface area (Å²) in [5, 5.41) is 11.7. The predicted octanol–water partition coefficient (Wildman–Crippen LogP) is 8.74. The third-order valence-corrected chi connectivity index (χ3v) is 7.21. The minimum atomic E-state index is -1.14. The highest BCUT2D eigenvalue weighted by molar-refractivity contribution is 7.80. The highest BCUT2D eigenvalue weighted by Gasteiger charge is 2.56. The Bertz CT molecular complexity index is 622. The van der Waals surface area contributed by atoms with Crippen LogP contribution in [0.3, 0.4) is 0 Å². The Morgan fingerprint density at radius 2 is 1.57 bits per heavy atom. The van der Waals surface area contributed by atoms with E-state index in [0.29, 0.717) is 12.0 Å². The number of unbranched alkanes of at least 4 members (excludes halogenated alkanes) is 5. The summed E-state index contributed by atoms with van der Waals surface area (Å²) in [6.45, 7) is 10.6. The number of aliphatic hydroxyl groups is 1. The fourth-order valence-electron chi connectivity index (χ4n) is 5.01. The van der Waals surface area contributed by atoms with Crippen LogP contribution < -0.4 is 0 Å². The minimum absolute atomic E-state index is 0.0664. The summed E-state index contributed by atoms with van der Waals surface area (Å²) in [5.41, 5.74) is -0.160. The van der Waals surface area contributed by atoms with E-state index in [4.69, 9.17) is 11.6 Å². The third-order valence-electron chi connectivity index (χ3n) is 6.60. The van der Waals surface area contributed by atoms with Crippen molar-refractivity contribution in [2.24, 2.45) is 11.3 Å². The number of halogens is 2. The SMILES string of the molecule is CCCC(CCC)C1(O)c2c(ccc(Cl)c2F)CC1(C)C.CCCCCCCCS. The molecule has 1 atom stereocenters. The van der Waals surface area contributed by atoms with Crippen molar-refractivity contribution in [1.29, 1.82) is 0 Å². The van der Waals surface area contributed by atoms with Crippen LogP contribution in [0.25, 0.3) is 0 Å². The van der Waals surface area contributed by atoms with Crippen LogP contribution in [0, 0.1) is 17.2 Å². The van der Waals surface area contributed by atoms with Gasteiger partial charge in [-0.15, -0.1) is 0 Å². The van der Waals surface area contributed by atoms with E-state index < -0.39 is 11.4 Å². The Kier molecular flexibility index (Phi) is 12.3. The Balaban J connectivity index is 0.000000424. The number of rotatable bonds is 11. The monoisotopic (exact) mass is 458 g/mol. The smallest absolute Gasteiger partial charge is 0.148 e. The number of thiol groups is 1. The molecular weight excluding hydrogens is 415 g/mol. The normalized spacial score (nSPS) is 19.5. The molecule has 0 radical (unpaired) electrons. The maximum atomic E-state index is 14.7. The molecule has 1 unspecified atom stereocenters. The zero-order chi connectivity index (χ0) is 22.8. The number of fused-ring (bicyclic) bond motifs is 1. The van der Waals surface area contributed by atoms with Gasteiger partial charge in [0.25, 0.3) is 0 Å². The third kappa shape index (κ3) is 6.62. The van der Waals surface area contributed by atoms with Gasteiger partial charge in [-0.05, 0) is 49.0 Å². The summed E-state index contributed by atoms with van der Waals surface area (Å²) < 4.78 is 14.7. The van der Waals surface area contributed by atoms with E-state index in [1.54, 1.807) is 6.07 Å². The Labute approximate surface area is 195 Å². The van der Waals surface area contributed by atoms with Gasteiger partial charge in [0.2, 0.25) is 0 Å². The molecule has 0 saturated carbocycles. The molecule has 30 heavy (non-hydrogen) atoms. The summed E-state index contributed by atoms with van der Waals surface area (Å²) in [7, 11) is 0. The van der Waals surface area contributed by atoms with Crippen LogP contribution in [0.1, 0.15) is 110 Å². The molecule has 0 heterocycles. The molecule has 0 fully saturated rings. The first-order valence-corrected chi connectivity index (χ1v) is 13.0. The molecule has 174 valence electrons. The lowest BCUT2D eigenvalue weighted by Crippen LogP contribution is -2.45. The molecule has 0 spiro atoms. The van der Waals surface area contributed by atoms with Gasteiger partial charge in [-0.2, -0.15) is 12.6 Å². The Hall–Kier alpha value is -0.250. The van der Waals surface area contributed by atoms with Crippen LogP contribution in [-0.2, 0) is 12.0 Å². The van der Waals surface area contributed by atoms with Crippen molar-refractivity contribution < 1.29 is 9.50 Å². The van der Waals surface area contributed by atoms with Crippen molar-refractivity contribution in [3.8, 4) is 0 Å². The maximum Gasteiger partial charge on any atom is 0.148 e. The van der Waals surface area contributed by atoms with E-state index in [9.17, 15) is 9.50 Å². The lowest BCUT2D eigenvalue weighted by molar-refractivity contribution is -0.115. The van der Waals surface area contributed by atoms with Crippen LogP contribution in [0.2, 0.25) is 5.02 Å². The van der Waals surface area contributed by atoms with Crippen molar-refractivity contribution >= 4 is 24.2 Å². The molecule has 1 aromatic rings. The Morgan fingerprint density at radius 1 is 1.00 bits per heavy atom. The molecule has 0 amide bonds. The van der Waals surface area contributed by atoms with Crippen LogP contribution in [0.15, 0.2) is 12.1 Å². The highest BCUT2D eigenvalue weighted by atomic mass is 35.5. The lowest BCUT2D eigenvalue weighted by atomic mass is 9.65. The highest BCUT2D eigenvalue weighted by Crippen LogP contribution is 2.57. The molecule has 2 rings (SSSR count). The summed E-state index contributed by atoms with van der Waals surface area (Å²) in [6, 6.07) is 3.47. The largest absolute Gasteiger partial charge is 0.384 e. The van der Waals surface area contributed by atoms with E-state index >= 15 is 0 Å². The molecular formula is C26H44ClFOS. The minimum Gasteiger partial charge on any atom is -0.384 e. The number of benzene rings is 1. The van der Waals surface area contributed by atoms with Crippen molar-refractivity contribution in [3.63, 3.8) is 0 Å². The van der Waals surface area contributed by atoms with Crippen LogP contribution in [0.5, 0.6) is 0 Å². The Morgan fingerprint density at radius 3 is 2.10 bits per heavy atom. The van der Waals surface area contributed by atoms with Gasteiger partial charge in [0.1, 0.15) is 11.4 Å². The van der Waals surface area contributed by atoms with Gasteiger partial charge in [-0.3, -0.25) is 0 Å².